The molecule has 0 bridgehead atoms. The lowest BCUT2D eigenvalue weighted by molar-refractivity contribution is -0.123. The number of carbonyl (C=O) groups excluding carboxylic acids is 2. The minimum atomic E-state index is -0.717. The molecule has 1 aliphatic heterocycles. The lowest BCUT2D eigenvalue weighted by atomic mass is 9.94. The number of aliphatic hydroxyl groups excluding tert-OH is 1. The first kappa shape index (κ1) is 22.1. The highest BCUT2D eigenvalue weighted by Crippen LogP contribution is 2.22. The van der Waals surface area contributed by atoms with Crippen molar-refractivity contribution in [3.05, 3.63) is 35.6 Å². The summed E-state index contributed by atoms with van der Waals surface area (Å²) in [6, 6.07) is 5.57. The van der Waals surface area contributed by atoms with Crippen LogP contribution < -0.4 is 5.32 Å². The third-order valence-electron chi connectivity index (χ3n) is 4.79. The van der Waals surface area contributed by atoms with Gasteiger partial charge in [-0.3, -0.25) is 4.79 Å². The molecule has 6 nitrogen and oxygen atoms in total. The predicted molar refractivity (Wildman–Crippen MR) is 104 cm³/mol. The van der Waals surface area contributed by atoms with Crippen LogP contribution in [0.5, 0.6) is 0 Å². The van der Waals surface area contributed by atoms with Crippen molar-refractivity contribution < 1.29 is 23.8 Å². The molecule has 156 valence electrons. The van der Waals surface area contributed by atoms with E-state index < -0.39 is 11.5 Å². The van der Waals surface area contributed by atoms with Crippen molar-refractivity contribution >= 4 is 12.0 Å². The van der Waals surface area contributed by atoms with Crippen molar-refractivity contribution in [1.29, 1.82) is 0 Å². The molecule has 0 aromatic heterocycles. The lowest BCUT2D eigenvalue weighted by Gasteiger charge is -2.34. The Hall–Kier alpha value is -2.15. The number of hydrogen-bond acceptors (Lipinski definition) is 4. The van der Waals surface area contributed by atoms with Crippen molar-refractivity contribution in [2.45, 2.75) is 51.6 Å². The molecule has 0 spiro atoms. The number of halogens is 1. The summed E-state index contributed by atoms with van der Waals surface area (Å²) in [4.78, 5) is 26.3. The Morgan fingerprint density at radius 2 is 2.00 bits per heavy atom. The van der Waals surface area contributed by atoms with E-state index in [1.165, 1.54) is 24.3 Å². The largest absolute Gasteiger partial charge is 0.444 e. The molecule has 0 saturated carbocycles. The molecule has 0 unspecified atom stereocenters. The summed E-state index contributed by atoms with van der Waals surface area (Å²) < 4.78 is 18.5. The highest BCUT2D eigenvalue weighted by Gasteiger charge is 2.27. The first-order valence-corrected chi connectivity index (χ1v) is 9.81. The zero-order valence-electron chi connectivity index (χ0n) is 16.9. The van der Waals surface area contributed by atoms with Crippen LogP contribution >= 0.6 is 0 Å². The highest BCUT2D eigenvalue weighted by molar-refractivity contribution is 5.83. The van der Waals surface area contributed by atoms with Gasteiger partial charge in [-0.25, -0.2) is 9.18 Å². The van der Waals surface area contributed by atoms with E-state index in [1.807, 2.05) is 20.8 Å². The molecule has 1 aromatic rings. The van der Waals surface area contributed by atoms with Crippen molar-refractivity contribution in [3.8, 4) is 0 Å². The minimum Gasteiger partial charge on any atom is -0.444 e. The fourth-order valence-electron chi connectivity index (χ4n) is 3.35. The lowest BCUT2D eigenvalue weighted by Crippen LogP contribution is -2.43. The molecule has 1 aromatic carbocycles. The maximum absolute atomic E-state index is 13.0. The van der Waals surface area contributed by atoms with E-state index in [0.717, 1.165) is 19.3 Å². The van der Waals surface area contributed by atoms with Gasteiger partial charge in [-0.1, -0.05) is 12.1 Å². The van der Waals surface area contributed by atoms with Crippen LogP contribution in [0.2, 0.25) is 0 Å². The highest BCUT2D eigenvalue weighted by atomic mass is 19.1. The number of carbonyl (C=O) groups is 2. The summed E-state index contributed by atoms with van der Waals surface area (Å²) >= 11 is 0. The second-order valence-electron chi connectivity index (χ2n) is 8.30. The van der Waals surface area contributed by atoms with E-state index in [-0.39, 0.29) is 24.4 Å². The molecule has 1 aliphatic rings. The predicted octanol–water partition coefficient (Wildman–Crippen LogP) is 3.06. The van der Waals surface area contributed by atoms with Gasteiger partial charge in [0.25, 0.3) is 0 Å². The summed E-state index contributed by atoms with van der Waals surface area (Å²) in [6.45, 7) is 6.97. The van der Waals surface area contributed by atoms with Gasteiger partial charge >= 0.3 is 6.09 Å². The van der Waals surface area contributed by atoms with Crippen LogP contribution in [0.4, 0.5) is 9.18 Å². The Bertz CT molecular complexity index is 657. The molecular formula is C21H31FN2O4. The first-order valence-electron chi connectivity index (χ1n) is 9.81. The van der Waals surface area contributed by atoms with E-state index in [1.54, 1.807) is 4.90 Å². The monoisotopic (exact) mass is 394 g/mol. The first-order chi connectivity index (χ1) is 13.2. The van der Waals surface area contributed by atoms with Crippen molar-refractivity contribution in [3.63, 3.8) is 0 Å². The Labute approximate surface area is 166 Å². The van der Waals surface area contributed by atoms with Gasteiger partial charge in [-0.05, 0) is 63.6 Å². The molecule has 2 atom stereocenters. The smallest absolute Gasteiger partial charge is 0.410 e. The second kappa shape index (κ2) is 9.87. The third kappa shape index (κ3) is 6.78. The maximum atomic E-state index is 13.0. The number of ether oxygens (including phenoxy) is 1. The zero-order chi connectivity index (χ0) is 20.7. The van der Waals surface area contributed by atoms with E-state index in [9.17, 15) is 19.1 Å². The molecule has 2 rings (SSSR count). The number of rotatable bonds is 6. The van der Waals surface area contributed by atoms with E-state index in [4.69, 9.17) is 4.74 Å². The van der Waals surface area contributed by atoms with Crippen LogP contribution in [0.15, 0.2) is 24.3 Å². The van der Waals surface area contributed by atoms with Crippen molar-refractivity contribution in [1.82, 2.24) is 10.2 Å². The van der Waals surface area contributed by atoms with Gasteiger partial charge in [0.2, 0.25) is 5.91 Å². The summed E-state index contributed by atoms with van der Waals surface area (Å²) in [6.07, 6.45) is 2.36. The van der Waals surface area contributed by atoms with Gasteiger partial charge in [-0.15, -0.1) is 0 Å². The molecule has 1 saturated heterocycles. The fourth-order valence-corrected chi connectivity index (χ4v) is 3.35. The number of aliphatic hydroxyl groups is 1. The molecule has 2 amide bonds. The Balaban J connectivity index is 1.80. The van der Waals surface area contributed by atoms with Gasteiger partial charge in [-0.2, -0.15) is 0 Å². The molecule has 28 heavy (non-hydrogen) atoms. The van der Waals surface area contributed by atoms with Crippen LogP contribution in [0.1, 0.15) is 51.5 Å². The summed E-state index contributed by atoms with van der Waals surface area (Å²) in [5.74, 6) is -1.09. The quantitative estimate of drug-likeness (QED) is 0.777. The molecular weight excluding hydrogens is 363 g/mol. The SMILES string of the molecule is CC(C)(C)OC(=O)N1CCC[C@H](CCNC(=O)[C@H](CO)c2ccc(F)cc2)C1. The summed E-state index contributed by atoms with van der Waals surface area (Å²) in [5.41, 5.74) is 0.0627. The molecule has 7 heteroatoms. The molecule has 1 heterocycles. The Morgan fingerprint density at radius 3 is 2.61 bits per heavy atom. The average molecular weight is 394 g/mol. The second-order valence-corrected chi connectivity index (χ2v) is 8.30. The summed E-state index contributed by atoms with van der Waals surface area (Å²) in [5, 5.41) is 12.4. The number of nitrogens with zero attached hydrogens (tertiary/aromatic N) is 1. The van der Waals surface area contributed by atoms with Crippen LogP contribution in [-0.4, -0.2) is 53.8 Å². The summed E-state index contributed by atoms with van der Waals surface area (Å²) in [7, 11) is 0. The number of nitrogens with one attached hydrogen (secondary N) is 1. The topological polar surface area (TPSA) is 78.9 Å². The zero-order valence-corrected chi connectivity index (χ0v) is 16.9. The van der Waals surface area contributed by atoms with Crippen LogP contribution in [0, 0.1) is 11.7 Å². The number of piperidine rings is 1. The van der Waals surface area contributed by atoms with Crippen LogP contribution in [0.25, 0.3) is 0 Å². The van der Waals surface area contributed by atoms with Gasteiger partial charge in [0.1, 0.15) is 11.4 Å². The van der Waals surface area contributed by atoms with E-state index in [0.29, 0.717) is 31.1 Å². The molecule has 0 radical (unpaired) electrons. The minimum absolute atomic E-state index is 0.283. The van der Waals surface area contributed by atoms with E-state index >= 15 is 0 Å². The third-order valence-corrected chi connectivity index (χ3v) is 4.79. The molecule has 0 aliphatic carbocycles. The molecule has 2 N–H and O–H groups in total. The van der Waals surface area contributed by atoms with Gasteiger partial charge < -0.3 is 20.1 Å². The van der Waals surface area contributed by atoms with Gasteiger partial charge in [0.15, 0.2) is 0 Å². The van der Waals surface area contributed by atoms with Crippen LogP contribution in [-0.2, 0) is 9.53 Å². The molecule has 1 fully saturated rings. The Morgan fingerprint density at radius 1 is 1.32 bits per heavy atom. The maximum Gasteiger partial charge on any atom is 0.410 e. The Kier molecular flexibility index (Phi) is 7.80. The van der Waals surface area contributed by atoms with Gasteiger partial charge in [0.05, 0.1) is 12.5 Å². The van der Waals surface area contributed by atoms with Crippen LogP contribution in [0.3, 0.4) is 0 Å². The number of amides is 2. The van der Waals surface area contributed by atoms with Gasteiger partial charge in [0, 0.05) is 19.6 Å². The normalized spacial score (nSPS) is 18.5. The average Bonchev–Trinajstić information content (AvgIpc) is 2.63. The number of likely N-dealkylation sites (tertiary alicyclic amines) is 1. The fraction of sp³-hybridized carbons (Fsp3) is 0.619. The van der Waals surface area contributed by atoms with Crippen molar-refractivity contribution in [2.24, 2.45) is 5.92 Å². The number of benzene rings is 1. The van der Waals surface area contributed by atoms with Crippen molar-refractivity contribution in [2.75, 3.05) is 26.2 Å². The number of hydrogen-bond donors (Lipinski definition) is 2. The van der Waals surface area contributed by atoms with E-state index in [2.05, 4.69) is 5.32 Å². The standard InChI is InChI=1S/C21H31FN2O4/c1-21(2,3)28-20(27)24-12-4-5-15(13-24)10-11-23-19(26)18(14-25)16-6-8-17(22)9-7-16/h6-9,15,18,25H,4-5,10-14H2,1-3H3,(H,23,26)/t15-,18-/m1/s1.